The van der Waals surface area contributed by atoms with E-state index in [0.717, 1.165) is 12.2 Å². The third-order valence-electron chi connectivity index (χ3n) is 6.01. The van der Waals surface area contributed by atoms with Crippen LogP contribution in [0.4, 0.5) is 13.2 Å². The summed E-state index contributed by atoms with van der Waals surface area (Å²) in [5.74, 6) is 1.58. The summed E-state index contributed by atoms with van der Waals surface area (Å²) in [5, 5.41) is 8.87. The zero-order valence-corrected chi connectivity index (χ0v) is 19.8. The minimum atomic E-state index is -4.60. The van der Waals surface area contributed by atoms with E-state index >= 15 is 0 Å². The van der Waals surface area contributed by atoms with Gasteiger partial charge in [-0.1, -0.05) is 31.2 Å². The molecule has 1 atom stereocenters. The molecule has 0 unspecified atom stereocenters. The van der Waals surface area contributed by atoms with Crippen molar-refractivity contribution in [3.63, 3.8) is 0 Å². The van der Waals surface area contributed by atoms with Crippen molar-refractivity contribution in [3.05, 3.63) is 65.2 Å². The molecule has 4 rings (SSSR count). The Bertz CT molecular complexity index is 1230. The number of pyridine rings is 1. The van der Waals surface area contributed by atoms with Gasteiger partial charge in [-0.2, -0.15) is 13.2 Å². The van der Waals surface area contributed by atoms with Crippen LogP contribution in [0, 0.1) is 0 Å². The topological polar surface area (TPSA) is 79.3 Å². The lowest BCUT2D eigenvalue weighted by molar-refractivity contribution is -0.140. The van der Waals surface area contributed by atoms with Crippen molar-refractivity contribution < 1.29 is 17.9 Å². The largest absolute Gasteiger partial charge is 0.493 e. The molecule has 0 saturated heterocycles. The Labute approximate surface area is 201 Å². The van der Waals surface area contributed by atoms with Gasteiger partial charge in [-0.25, -0.2) is 0 Å². The number of hydrogen-bond acceptors (Lipinski definition) is 6. The summed E-state index contributed by atoms with van der Waals surface area (Å²) in [6.45, 7) is 9.31. The summed E-state index contributed by atoms with van der Waals surface area (Å²) in [4.78, 5) is 10.4. The van der Waals surface area contributed by atoms with Crippen LogP contribution in [0.15, 0.2) is 47.7 Å². The highest BCUT2D eigenvalue weighted by Gasteiger charge is 2.37. The fourth-order valence-corrected chi connectivity index (χ4v) is 4.18. The van der Waals surface area contributed by atoms with Crippen LogP contribution < -0.4 is 4.74 Å². The first-order chi connectivity index (χ1) is 16.7. The molecule has 0 fully saturated rings. The van der Waals surface area contributed by atoms with Gasteiger partial charge in [-0.05, 0) is 48.4 Å². The van der Waals surface area contributed by atoms with Gasteiger partial charge in [0.05, 0.1) is 12.3 Å². The number of nitrogens with one attached hydrogen (secondary N) is 1. The number of halogens is 3. The van der Waals surface area contributed by atoms with Crippen LogP contribution in [0.3, 0.4) is 0 Å². The molecule has 1 N–H and O–H groups in total. The second kappa shape index (κ2) is 9.89. The molecule has 1 aliphatic heterocycles. The van der Waals surface area contributed by atoms with Gasteiger partial charge in [0.2, 0.25) is 0 Å². The average Bonchev–Trinajstić information content (AvgIpc) is 3.33. The smallest absolute Gasteiger partial charge is 0.435 e. The van der Waals surface area contributed by atoms with Crippen molar-refractivity contribution in [2.45, 2.75) is 38.3 Å². The number of likely N-dealkylation sites (N-methyl/N-ethyl adjacent to an activating group) is 1. The average molecular weight is 485 g/mol. The maximum Gasteiger partial charge on any atom is 0.435 e. The Hall–Kier alpha value is -3.69. The van der Waals surface area contributed by atoms with Gasteiger partial charge >= 0.3 is 6.18 Å². The molecule has 0 amide bonds. The third kappa shape index (κ3) is 5.36. The molecular weight excluding hydrogens is 457 g/mol. The number of H-pyrrole nitrogens is 1. The van der Waals surface area contributed by atoms with Crippen LogP contribution in [-0.4, -0.2) is 52.2 Å². The van der Waals surface area contributed by atoms with Gasteiger partial charge in [0.25, 0.3) is 0 Å². The summed E-state index contributed by atoms with van der Waals surface area (Å²) < 4.78 is 45.7. The standard InChI is InChI=1S/C25H27F3N6O/c1-15(2)16-5-6-22-19(11-16)18(8-10-35-22)13-34(4)14-21(29-3)20-12-17(7-9-30-20)23-24(25(26,27)28)32-33-31-23/h5-7,9,11-12,14-15,18H,3,8,10,13H2,1-2,4H3,(H,31,32,33)/b21-14-/t18-/m1/s1. The van der Waals surface area contributed by atoms with Crippen molar-refractivity contribution >= 4 is 12.4 Å². The van der Waals surface area contributed by atoms with E-state index in [0.29, 0.717) is 30.5 Å². The van der Waals surface area contributed by atoms with E-state index in [1.165, 1.54) is 29.5 Å². The predicted molar refractivity (Wildman–Crippen MR) is 128 cm³/mol. The van der Waals surface area contributed by atoms with E-state index in [9.17, 15) is 13.2 Å². The second-order valence-corrected chi connectivity index (χ2v) is 8.86. The summed E-state index contributed by atoms with van der Waals surface area (Å²) in [5.41, 5.74) is 2.19. The highest BCUT2D eigenvalue weighted by molar-refractivity contribution is 5.70. The number of nitrogens with zero attached hydrogens (tertiary/aromatic N) is 5. The van der Waals surface area contributed by atoms with Crippen LogP contribution in [0.2, 0.25) is 0 Å². The van der Waals surface area contributed by atoms with Crippen LogP contribution in [0.25, 0.3) is 17.0 Å². The molecule has 0 aliphatic carbocycles. The lowest BCUT2D eigenvalue weighted by Gasteiger charge is -2.30. The van der Waals surface area contributed by atoms with E-state index in [2.05, 4.69) is 53.0 Å². The second-order valence-electron chi connectivity index (χ2n) is 8.86. The predicted octanol–water partition coefficient (Wildman–Crippen LogP) is 5.51. The van der Waals surface area contributed by atoms with Crippen molar-refractivity contribution in [2.75, 3.05) is 20.2 Å². The molecule has 0 bridgehead atoms. The molecule has 0 saturated carbocycles. The molecule has 10 heteroatoms. The van der Waals surface area contributed by atoms with Gasteiger partial charge < -0.3 is 9.64 Å². The summed E-state index contributed by atoms with van der Waals surface area (Å²) in [6.07, 6.45) is -0.508. The Morgan fingerprint density at radius 3 is 2.83 bits per heavy atom. The van der Waals surface area contributed by atoms with E-state index in [4.69, 9.17) is 4.74 Å². The maximum atomic E-state index is 13.3. The summed E-state index contributed by atoms with van der Waals surface area (Å²) >= 11 is 0. The molecule has 1 aromatic carbocycles. The molecule has 3 aromatic rings. The lowest BCUT2D eigenvalue weighted by atomic mass is 9.89. The molecule has 35 heavy (non-hydrogen) atoms. The number of hydrogen-bond donors (Lipinski definition) is 1. The quantitative estimate of drug-likeness (QED) is 0.448. The monoisotopic (exact) mass is 484 g/mol. The number of aromatic amines is 1. The van der Waals surface area contributed by atoms with Crippen LogP contribution in [0.5, 0.6) is 5.75 Å². The van der Waals surface area contributed by atoms with Crippen molar-refractivity contribution in [3.8, 4) is 17.0 Å². The summed E-state index contributed by atoms with van der Waals surface area (Å²) in [6, 6.07) is 9.31. The number of aliphatic imine (C=N–C) groups is 1. The van der Waals surface area contributed by atoms with Crippen molar-refractivity contribution in [1.29, 1.82) is 0 Å². The molecule has 2 aromatic heterocycles. The first-order valence-corrected chi connectivity index (χ1v) is 11.3. The Kier molecular flexibility index (Phi) is 6.90. The maximum absolute atomic E-state index is 13.3. The van der Waals surface area contributed by atoms with Crippen molar-refractivity contribution in [1.82, 2.24) is 25.3 Å². The van der Waals surface area contributed by atoms with Crippen LogP contribution >= 0.6 is 0 Å². The SMILES string of the molecule is C=N/C(=C\N(C)C[C@H]1CCOc2ccc(C(C)C)cc21)c1cc(-c2nn[nH]c2C(F)(F)F)ccn1. The zero-order valence-electron chi connectivity index (χ0n) is 19.8. The van der Waals surface area contributed by atoms with Gasteiger partial charge in [0.1, 0.15) is 17.1 Å². The van der Waals surface area contributed by atoms with Crippen LogP contribution in [-0.2, 0) is 6.18 Å². The minimum Gasteiger partial charge on any atom is -0.493 e. The molecule has 0 radical (unpaired) electrons. The lowest BCUT2D eigenvalue weighted by Crippen LogP contribution is -2.25. The number of fused-ring (bicyclic) bond motifs is 1. The highest BCUT2D eigenvalue weighted by Crippen LogP contribution is 2.37. The molecule has 3 heterocycles. The summed E-state index contributed by atoms with van der Waals surface area (Å²) in [7, 11) is 1.93. The van der Waals surface area contributed by atoms with Crippen LogP contribution in [0.1, 0.15) is 54.6 Å². The fraction of sp³-hybridized carbons (Fsp3) is 0.360. The number of ether oxygens (including phenoxy) is 1. The molecule has 7 nitrogen and oxygen atoms in total. The first kappa shape index (κ1) is 24.4. The van der Waals surface area contributed by atoms with E-state index in [1.54, 1.807) is 6.20 Å². The van der Waals surface area contributed by atoms with E-state index in [1.807, 2.05) is 23.1 Å². The van der Waals surface area contributed by atoms with E-state index in [-0.39, 0.29) is 17.2 Å². The normalized spacial score (nSPS) is 16.1. The van der Waals surface area contributed by atoms with Crippen molar-refractivity contribution in [2.24, 2.45) is 4.99 Å². The Balaban J connectivity index is 1.58. The van der Waals surface area contributed by atoms with E-state index < -0.39 is 11.9 Å². The molecule has 1 aliphatic rings. The third-order valence-corrected chi connectivity index (χ3v) is 6.01. The Morgan fingerprint density at radius 1 is 1.31 bits per heavy atom. The van der Waals surface area contributed by atoms with Gasteiger partial charge in [0.15, 0.2) is 5.69 Å². The number of aromatic nitrogens is 4. The Morgan fingerprint density at radius 2 is 2.11 bits per heavy atom. The molecule has 184 valence electrons. The minimum absolute atomic E-state index is 0.229. The number of rotatable bonds is 7. The molecule has 0 spiro atoms. The van der Waals surface area contributed by atoms with Gasteiger partial charge in [-0.3, -0.25) is 15.1 Å². The van der Waals surface area contributed by atoms with Gasteiger partial charge in [-0.15, -0.1) is 5.10 Å². The number of benzene rings is 1. The fourth-order valence-electron chi connectivity index (χ4n) is 4.18. The number of alkyl halides is 3. The highest BCUT2D eigenvalue weighted by atomic mass is 19.4. The molecular formula is C25H27F3N6O. The van der Waals surface area contributed by atoms with Gasteiger partial charge in [0, 0.05) is 37.5 Å². The first-order valence-electron chi connectivity index (χ1n) is 11.3. The zero-order chi connectivity index (χ0) is 25.2.